The number of rotatable bonds is 5. The van der Waals surface area contributed by atoms with E-state index in [0.717, 1.165) is 12.3 Å². The van der Waals surface area contributed by atoms with E-state index in [4.69, 9.17) is 0 Å². The molecule has 0 radical (unpaired) electrons. The standard InChI is InChI=1S/C21H16F3N5O2S/c1-32(30,31)29-16-6-4-5-15(10-16)27-20-26-12-14-9-13(11-25-19(14)28-20)17-7-2-3-8-18(17)21(22,23)24/h2-12,29H,1H3,(H,25,26,27,28). The number of alkyl halides is 3. The Labute approximate surface area is 181 Å². The highest BCUT2D eigenvalue weighted by Gasteiger charge is 2.33. The van der Waals surface area contributed by atoms with Crippen molar-refractivity contribution in [3.8, 4) is 11.1 Å². The van der Waals surface area contributed by atoms with Crippen LogP contribution >= 0.6 is 0 Å². The van der Waals surface area contributed by atoms with Crippen LogP contribution < -0.4 is 10.0 Å². The van der Waals surface area contributed by atoms with E-state index < -0.39 is 21.8 Å². The molecule has 2 heterocycles. The highest BCUT2D eigenvalue weighted by atomic mass is 32.2. The Morgan fingerprint density at radius 1 is 0.906 bits per heavy atom. The van der Waals surface area contributed by atoms with Crippen LogP contribution in [0.3, 0.4) is 0 Å². The summed E-state index contributed by atoms with van der Waals surface area (Å²) in [6.45, 7) is 0. The Kier molecular flexibility index (Phi) is 5.43. The van der Waals surface area contributed by atoms with E-state index in [-0.39, 0.29) is 11.5 Å². The largest absolute Gasteiger partial charge is 0.417 e. The van der Waals surface area contributed by atoms with Crippen molar-refractivity contribution in [3.63, 3.8) is 0 Å². The molecule has 0 amide bonds. The van der Waals surface area contributed by atoms with Gasteiger partial charge in [-0.15, -0.1) is 0 Å². The molecule has 0 bridgehead atoms. The smallest absolute Gasteiger partial charge is 0.324 e. The fourth-order valence-electron chi connectivity index (χ4n) is 3.12. The quantitative estimate of drug-likeness (QED) is 0.444. The number of hydrogen-bond acceptors (Lipinski definition) is 6. The summed E-state index contributed by atoms with van der Waals surface area (Å²) >= 11 is 0. The minimum Gasteiger partial charge on any atom is -0.324 e. The van der Waals surface area contributed by atoms with Crippen molar-refractivity contribution in [3.05, 3.63) is 72.6 Å². The second-order valence-corrected chi connectivity index (χ2v) is 8.70. The summed E-state index contributed by atoms with van der Waals surface area (Å²) in [5.41, 5.74) is 0.767. The molecule has 2 aromatic carbocycles. The van der Waals surface area contributed by atoms with Crippen molar-refractivity contribution in [1.82, 2.24) is 15.0 Å². The zero-order valence-corrected chi connectivity index (χ0v) is 17.4. The second-order valence-electron chi connectivity index (χ2n) is 6.95. The van der Waals surface area contributed by atoms with Gasteiger partial charge in [0.1, 0.15) is 0 Å². The lowest BCUT2D eigenvalue weighted by Crippen LogP contribution is -2.09. The Bertz CT molecular complexity index is 1410. The molecule has 0 aliphatic heterocycles. The van der Waals surface area contributed by atoms with E-state index in [0.29, 0.717) is 28.0 Å². The van der Waals surface area contributed by atoms with Crippen LogP contribution in [0.1, 0.15) is 5.56 Å². The third-order valence-corrected chi connectivity index (χ3v) is 5.00. The van der Waals surface area contributed by atoms with Gasteiger partial charge in [0.15, 0.2) is 5.65 Å². The fraction of sp³-hybridized carbons (Fsp3) is 0.0952. The first-order chi connectivity index (χ1) is 15.1. The topological polar surface area (TPSA) is 96.9 Å². The number of nitrogens with zero attached hydrogens (tertiary/aromatic N) is 3. The van der Waals surface area contributed by atoms with Crippen LogP contribution in [-0.4, -0.2) is 29.6 Å². The van der Waals surface area contributed by atoms with Crippen molar-refractivity contribution in [1.29, 1.82) is 0 Å². The van der Waals surface area contributed by atoms with E-state index in [9.17, 15) is 21.6 Å². The van der Waals surface area contributed by atoms with Gasteiger partial charge < -0.3 is 5.32 Å². The second kappa shape index (κ2) is 8.08. The lowest BCUT2D eigenvalue weighted by atomic mass is 10.0. The molecule has 0 saturated carbocycles. The average molecular weight is 459 g/mol. The predicted molar refractivity (Wildman–Crippen MR) is 116 cm³/mol. The van der Waals surface area contributed by atoms with Crippen LogP contribution in [0, 0.1) is 0 Å². The molecule has 2 N–H and O–H groups in total. The number of anilines is 3. The van der Waals surface area contributed by atoms with Crippen molar-refractivity contribution in [2.45, 2.75) is 6.18 Å². The van der Waals surface area contributed by atoms with E-state index >= 15 is 0 Å². The van der Waals surface area contributed by atoms with E-state index in [2.05, 4.69) is 25.0 Å². The first kappa shape index (κ1) is 21.5. The average Bonchev–Trinajstić information content (AvgIpc) is 2.72. The minimum absolute atomic E-state index is 0.0202. The van der Waals surface area contributed by atoms with Crippen LogP contribution in [0.15, 0.2) is 67.0 Å². The minimum atomic E-state index is -4.49. The summed E-state index contributed by atoms with van der Waals surface area (Å²) < 4.78 is 65.2. The van der Waals surface area contributed by atoms with Crippen molar-refractivity contribution in [2.24, 2.45) is 0 Å². The maximum Gasteiger partial charge on any atom is 0.417 e. The van der Waals surface area contributed by atoms with Gasteiger partial charge in [-0.05, 0) is 35.9 Å². The van der Waals surface area contributed by atoms with E-state index in [1.165, 1.54) is 30.6 Å². The summed E-state index contributed by atoms with van der Waals surface area (Å²) in [5.74, 6) is 0.199. The monoisotopic (exact) mass is 459 g/mol. The number of fused-ring (bicyclic) bond motifs is 1. The number of nitrogens with one attached hydrogen (secondary N) is 2. The molecule has 0 spiro atoms. The molecule has 0 atom stereocenters. The van der Waals surface area contributed by atoms with Gasteiger partial charge in [0.2, 0.25) is 16.0 Å². The molecule has 32 heavy (non-hydrogen) atoms. The molecule has 0 fully saturated rings. The number of halogens is 3. The van der Waals surface area contributed by atoms with Gasteiger partial charge in [-0.1, -0.05) is 24.3 Å². The van der Waals surface area contributed by atoms with Gasteiger partial charge in [-0.2, -0.15) is 18.2 Å². The first-order valence-corrected chi connectivity index (χ1v) is 11.1. The van der Waals surface area contributed by atoms with Gasteiger partial charge in [0.05, 0.1) is 17.5 Å². The van der Waals surface area contributed by atoms with Crippen molar-refractivity contribution < 1.29 is 21.6 Å². The molecular formula is C21H16F3N5O2S. The van der Waals surface area contributed by atoms with E-state index in [1.54, 1.807) is 30.3 Å². The highest BCUT2D eigenvalue weighted by Crippen LogP contribution is 2.37. The summed E-state index contributed by atoms with van der Waals surface area (Å²) in [5, 5.41) is 3.42. The zero-order chi connectivity index (χ0) is 22.9. The number of hydrogen-bond donors (Lipinski definition) is 2. The highest BCUT2D eigenvalue weighted by molar-refractivity contribution is 7.92. The molecule has 4 rings (SSSR count). The fourth-order valence-corrected chi connectivity index (χ4v) is 3.67. The van der Waals surface area contributed by atoms with Crippen molar-refractivity contribution in [2.75, 3.05) is 16.3 Å². The van der Waals surface area contributed by atoms with Crippen LogP contribution in [-0.2, 0) is 16.2 Å². The number of pyridine rings is 1. The molecule has 11 heteroatoms. The Hall–Kier alpha value is -3.73. The molecule has 164 valence electrons. The number of sulfonamides is 1. The summed E-state index contributed by atoms with van der Waals surface area (Å²) in [4.78, 5) is 12.7. The molecule has 0 aliphatic carbocycles. The zero-order valence-electron chi connectivity index (χ0n) is 16.6. The molecule has 0 unspecified atom stereocenters. The van der Waals surface area contributed by atoms with Crippen LogP contribution in [0.2, 0.25) is 0 Å². The van der Waals surface area contributed by atoms with Gasteiger partial charge in [0.25, 0.3) is 0 Å². The first-order valence-electron chi connectivity index (χ1n) is 9.23. The van der Waals surface area contributed by atoms with Crippen LogP contribution in [0.25, 0.3) is 22.2 Å². The molecule has 4 aromatic rings. The summed E-state index contributed by atoms with van der Waals surface area (Å²) in [6, 6.07) is 13.3. The lowest BCUT2D eigenvalue weighted by Gasteiger charge is -2.13. The Morgan fingerprint density at radius 3 is 2.41 bits per heavy atom. The van der Waals surface area contributed by atoms with E-state index in [1.807, 2.05) is 0 Å². The SMILES string of the molecule is CS(=O)(=O)Nc1cccc(Nc2ncc3cc(-c4ccccc4C(F)(F)F)cnc3n2)c1. The number of aromatic nitrogens is 3. The maximum atomic E-state index is 13.3. The molecule has 7 nitrogen and oxygen atoms in total. The predicted octanol–water partition coefficient (Wildman–Crippen LogP) is 4.83. The van der Waals surface area contributed by atoms with Gasteiger partial charge in [-0.3, -0.25) is 4.72 Å². The van der Waals surface area contributed by atoms with Crippen molar-refractivity contribution >= 4 is 38.4 Å². The molecule has 2 aromatic heterocycles. The maximum absolute atomic E-state index is 13.3. The third-order valence-electron chi connectivity index (χ3n) is 4.40. The molecular weight excluding hydrogens is 443 g/mol. The Morgan fingerprint density at radius 2 is 1.66 bits per heavy atom. The number of benzene rings is 2. The van der Waals surface area contributed by atoms with Crippen LogP contribution in [0.5, 0.6) is 0 Å². The van der Waals surface area contributed by atoms with Gasteiger partial charge in [-0.25, -0.2) is 18.4 Å². The third kappa shape index (κ3) is 4.94. The summed E-state index contributed by atoms with van der Waals surface area (Å²) in [7, 11) is -3.42. The Balaban J connectivity index is 1.63. The normalized spacial score (nSPS) is 12.0. The molecule has 0 saturated heterocycles. The summed E-state index contributed by atoms with van der Waals surface area (Å²) in [6.07, 6.45) is -0.654. The van der Waals surface area contributed by atoms with Gasteiger partial charge in [0, 0.05) is 29.0 Å². The van der Waals surface area contributed by atoms with Gasteiger partial charge >= 0.3 is 6.18 Å². The van der Waals surface area contributed by atoms with Crippen LogP contribution in [0.4, 0.5) is 30.5 Å². The molecule has 0 aliphatic rings. The lowest BCUT2D eigenvalue weighted by molar-refractivity contribution is -0.137.